The molecule has 3 atom stereocenters. The Morgan fingerprint density at radius 2 is 2.07 bits per heavy atom. The van der Waals surface area contributed by atoms with E-state index in [9.17, 15) is 4.79 Å². The molecule has 6 heteroatoms. The predicted octanol–water partition coefficient (Wildman–Crippen LogP) is 5.16. The van der Waals surface area contributed by atoms with E-state index in [1.54, 1.807) is 0 Å². The molecule has 2 aromatic rings. The smallest absolute Gasteiger partial charge is 0.410 e. The number of aromatic nitrogens is 2. The molecule has 2 aliphatic rings. The minimum Gasteiger partial charge on any atom is -0.444 e. The SMILES string of the molecule is CC(C)(C)OC(=O)N1C2CCC1C(c1cncc(-c3cccc(Br)n3)c1)C2. The van der Waals surface area contributed by atoms with Crippen molar-refractivity contribution in [1.29, 1.82) is 0 Å². The second kappa shape index (κ2) is 6.89. The minimum atomic E-state index is -0.470. The number of carbonyl (C=O) groups excluding carboxylic acids is 1. The molecule has 1 amide bonds. The highest BCUT2D eigenvalue weighted by molar-refractivity contribution is 9.10. The Hall–Kier alpha value is -1.95. The number of pyridine rings is 2. The highest BCUT2D eigenvalue weighted by atomic mass is 79.9. The van der Waals surface area contributed by atoms with Crippen molar-refractivity contribution in [2.45, 2.75) is 63.6 Å². The van der Waals surface area contributed by atoms with Crippen LogP contribution in [0.15, 0.2) is 41.3 Å². The molecule has 0 saturated carbocycles. The van der Waals surface area contributed by atoms with Crippen LogP contribution in [0.2, 0.25) is 0 Å². The van der Waals surface area contributed by atoms with Crippen LogP contribution < -0.4 is 0 Å². The third-order valence-corrected chi connectivity index (χ3v) is 5.78. The van der Waals surface area contributed by atoms with Crippen molar-refractivity contribution in [2.75, 3.05) is 0 Å². The first-order chi connectivity index (χ1) is 12.8. The zero-order valence-electron chi connectivity index (χ0n) is 15.9. The fourth-order valence-electron chi connectivity index (χ4n) is 4.32. The average Bonchev–Trinajstić information content (AvgIpc) is 3.19. The molecule has 4 rings (SSSR count). The normalized spacial score (nSPS) is 24.3. The predicted molar refractivity (Wildman–Crippen MR) is 107 cm³/mol. The lowest BCUT2D eigenvalue weighted by Gasteiger charge is -2.28. The van der Waals surface area contributed by atoms with Gasteiger partial charge in [-0.2, -0.15) is 0 Å². The minimum absolute atomic E-state index is 0.185. The molecular weight excluding hydrogens is 406 g/mol. The van der Waals surface area contributed by atoms with E-state index >= 15 is 0 Å². The van der Waals surface area contributed by atoms with Gasteiger partial charge < -0.3 is 9.64 Å². The molecule has 2 aromatic heterocycles. The van der Waals surface area contributed by atoms with Crippen molar-refractivity contribution in [1.82, 2.24) is 14.9 Å². The second-order valence-corrected chi connectivity index (χ2v) is 9.19. The van der Waals surface area contributed by atoms with E-state index in [0.717, 1.165) is 35.1 Å². The number of ether oxygens (including phenoxy) is 1. The summed E-state index contributed by atoms with van der Waals surface area (Å²) in [7, 11) is 0. The maximum Gasteiger partial charge on any atom is 0.410 e. The fourth-order valence-corrected chi connectivity index (χ4v) is 4.66. The van der Waals surface area contributed by atoms with Gasteiger partial charge in [0.1, 0.15) is 10.2 Å². The standard InChI is InChI=1S/C21H24BrN3O2/c1-21(2,3)27-20(26)25-15-7-8-18(25)16(10-15)13-9-14(12-23-11-13)17-5-4-6-19(22)24-17/h4-6,9,11-12,15-16,18H,7-8,10H2,1-3H3. The van der Waals surface area contributed by atoms with Crippen molar-refractivity contribution in [3.05, 3.63) is 46.8 Å². The van der Waals surface area contributed by atoms with Gasteiger partial charge in [0.05, 0.1) is 5.69 Å². The van der Waals surface area contributed by atoms with Crippen molar-refractivity contribution < 1.29 is 9.53 Å². The highest BCUT2D eigenvalue weighted by Gasteiger charge is 2.50. The summed E-state index contributed by atoms with van der Waals surface area (Å²) >= 11 is 3.43. The van der Waals surface area contributed by atoms with Gasteiger partial charge in [-0.25, -0.2) is 9.78 Å². The highest BCUT2D eigenvalue weighted by Crippen LogP contribution is 2.47. The van der Waals surface area contributed by atoms with Gasteiger partial charge in [0, 0.05) is 36.0 Å². The number of hydrogen-bond acceptors (Lipinski definition) is 4. The van der Waals surface area contributed by atoms with Gasteiger partial charge in [-0.3, -0.25) is 4.98 Å². The van der Waals surface area contributed by atoms with Crippen LogP contribution in [0, 0.1) is 0 Å². The molecule has 5 nitrogen and oxygen atoms in total. The van der Waals surface area contributed by atoms with E-state index in [2.05, 4.69) is 32.0 Å². The fraction of sp³-hybridized carbons (Fsp3) is 0.476. The summed E-state index contributed by atoms with van der Waals surface area (Å²) in [6.45, 7) is 5.75. The number of halogens is 1. The van der Waals surface area contributed by atoms with Gasteiger partial charge in [0.2, 0.25) is 0 Å². The molecule has 4 heterocycles. The molecule has 2 fully saturated rings. The molecule has 0 radical (unpaired) electrons. The van der Waals surface area contributed by atoms with Gasteiger partial charge in [0.15, 0.2) is 0 Å². The first-order valence-corrected chi connectivity index (χ1v) is 10.2. The maximum absolute atomic E-state index is 12.7. The summed E-state index contributed by atoms with van der Waals surface area (Å²) in [5.41, 5.74) is 2.60. The Kier molecular flexibility index (Phi) is 4.70. The lowest BCUT2D eigenvalue weighted by molar-refractivity contribution is 0.0213. The van der Waals surface area contributed by atoms with Crippen molar-refractivity contribution in [3.63, 3.8) is 0 Å². The zero-order valence-corrected chi connectivity index (χ0v) is 17.4. The summed E-state index contributed by atoms with van der Waals surface area (Å²) in [5, 5.41) is 0. The molecule has 142 valence electrons. The lowest BCUT2D eigenvalue weighted by Crippen LogP contribution is -2.40. The Balaban J connectivity index is 1.58. The maximum atomic E-state index is 12.7. The van der Waals surface area contributed by atoms with Crippen LogP contribution in [-0.2, 0) is 4.74 Å². The molecule has 0 N–H and O–H groups in total. The summed E-state index contributed by atoms with van der Waals surface area (Å²) in [6, 6.07) is 8.50. The van der Waals surface area contributed by atoms with Crippen LogP contribution in [0.25, 0.3) is 11.3 Å². The van der Waals surface area contributed by atoms with Crippen LogP contribution in [0.1, 0.15) is 51.5 Å². The summed E-state index contributed by atoms with van der Waals surface area (Å²) in [5.74, 6) is 0.302. The van der Waals surface area contributed by atoms with E-state index in [0.29, 0.717) is 5.92 Å². The van der Waals surface area contributed by atoms with Gasteiger partial charge in [-0.1, -0.05) is 6.07 Å². The number of fused-ring (bicyclic) bond motifs is 2. The molecule has 2 bridgehead atoms. The van der Waals surface area contributed by atoms with Gasteiger partial charge in [0.25, 0.3) is 0 Å². The van der Waals surface area contributed by atoms with Crippen LogP contribution >= 0.6 is 15.9 Å². The number of carbonyl (C=O) groups is 1. The van der Waals surface area contributed by atoms with Crippen molar-refractivity contribution in [2.24, 2.45) is 0 Å². The molecule has 0 aliphatic carbocycles. The third kappa shape index (κ3) is 3.72. The molecule has 2 saturated heterocycles. The monoisotopic (exact) mass is 429 g/mol. The Morgan fingerprint density at radius 3 is 2.81 bits per heavy atom. The zero-order chi connectivity index (χ0) is 19.2. The average molecular weight is 430 g/mol. The number of hydrogen-bond donors (Lipinski definition) is 0. The van der Waals surface area contributed by atoms with E-state index < -0.39 is 5.60 Å². The van der Waals surface area contributed by atoms with Crippen LogP contribution in [0.5, 0.6) is 0 Å². The van der Waals surface area contributed by atoms with Crippen LogP contribution in [0.3, 0.4) is 0 Å². The van der Waals surface area contributed by atoms with E-state index in [1.165, 1.54) is 5.56 Å². The number of nitrogens with zero attached hydrogens (tertiary/aromatic N) is 3. The number of amides is 1. The van der Waals surface area contributed by atoms with Gasteiger partial charge in [-0.05, 0) is 79.7 Å². The summed E-state index contributed by atoms with van der Waals surface area (Å²) in [4.78, 5) is 23.7. The Labute approximate surface area is 168 Å². The third-order valence-electron chi connectivity index (χ3n) is 5.34. The topological polar surface area (TPSA) is 55.3 Å². The quantitative estimate of drug-likeness (QED) is 0.618. The number of rotatable bonds is 2. The summed E-state index contributed by atoms with van der Waals surface area (Å²) in [6.07, 6.45) is 6.64. The Morgan fingerprint density at radius 1 is 1.26 bits per heavy atom. The molecule has 0 aromatic carbocycles. The molecule has 27 heavy (non-hydrogen) atoms. The van der Waals surface area contributed by atoms with Gasteiger partial charge >= 0.3 is 6.09 Å². The van der Waals surface area contributed by atoms with Crippen molar-refractivity contribution >= 4 is 22.0 Å². The molecule has 3 unspecified atom stereocenters. The van der Waals surface area contributed by atoms with E-state index in [4.69, 9.17) is 4.74 Å². The van der Waals surface area contributed by atoms with Crippen molar-refractivity contribution in [3.8, 4) is 11.3 Å². The van der Waals surface area contributed by atoms with E-state index in [-0.39, 0.29) is 18.2 Å². The van der Waals surface area contributed by atoms with Crippen LogP contribution in [-0.4, -0.2) is 38.6 Å². The largest absolute Gasteiger partial charge is 0.444 e. The van der Waals surface area contributed by atoms with Crippen LogP contribution in [0.4, 0.5) is 4.79 Å². The molecule has 2 aliphatic heterocycles. The first kappa shape index (κ1) is 18.4. The van der Waals surface area contributed by atoms with Gasteiger partial charge in [-0.15, -0.1) is 0 Å². The Bertz CT molecular complexity index is 865. The molecular formula is C21H24BrN3O2. The molecule has 0 spiro atoms. The first-order valence-electron chi connectivity index (χ1n) is 9.41. The van der Waals surface area contributed by atoms with E-state index in [1.807, 2.05) is 56.3 Å². The lowest BCUT2D eigenvalue weighted by atomic mass is 9.84. The second-order valence-electron chi connectivity index (χ2n) is 8.38. The summed E-state index contributed by atoms with van der Waals surface area (Å²) < 4.78 is 6.46.